The lowest BCUT2D eigenvalue weighted by Crippen LogP contribution is -2.62. The average Bonchev–Trinajstić information content (AvgIpc) is 3.65. The number of nitrogens with zero attached hydrogens (tertiary/aromatic N) is 5. The first-order chi connectivity index (χ1) is 18.3. The van der Waals surface area contributed by atoms with Crippen molar-refractivity contribution in [2.24, 2.45) is 5.41 Å². The summed E-state index contributed by atoms with van der Waals surface area (Å²) in [5, 5.41) is 4.39. The van der Waals surface area contributed by atoms with Crippen molar-refractivity contribution >= 4 is 33.1 Å². The Morgan fingerprint density at radius 3 is 2.68 bits per heavy atom. The number of hydrogen-bond donors (Lipinski definition) is 1. The summed E-state index contributed by atoms with van der Waals surface area (Å²) in [7, 11) is 2.10. The second-order valence-electron chi connectivity index (χ2n) is 12.5. The smallest absolute Gasteiger partial charge is 0.239 e. The third-order valence-electron chi connectivity index (χ3n) is 9.57. The summed E-state index contributed by atoms with van der Waals surface area (Å²) in [6, 6.07) is 4.77. The van der Waals surface area contributed by atoms with Crippen LogP contribution in [0.2, 0.25) is 0 Å². The van der Waals surface area contributed by atoms with Gasteiger partial charge in [-0.25, -0.2) is 9.50 Å². The zero-order valence-corrected chi connectivity index (χ0v) is 23.8. The van der Waals surface area contributed by atoms with E-state index < -0.39 is 0 Å². The quantitative estimate of drug-likeness (QED) is 0.354. The van der Waals surface area contributed by atoms with Gasteiger partial charge in [0.2, 0.25) is 5.91 Å². The van der Waals surface area contributed by atoms with Crippen molar-refractivity contribution in [3.63, 3.8) is 0 Å². The fourth-order valence-electron chi connectivity index (χ4n) is 7.41. The molecule has 0 radical (unpaired) electrons. The molecule has 2 aliphatic heterocycles. The van der Waals surface area contributed by atoms with Crippen LogP contribution < -0.4 is 0 Å². The van der Waals surface area contributed by atoms with Crippen LogP contribution in [0.4, 0.5) is 0 Å². The van der Waals surface area contributed by atoms with Crippen molar-refractivity contribution < 1.29 is 4.79 Å². The number of aryl methyl sites for hydroxylation is 1. The van der Waals surface area contributed by atoms with Gasteiger partial charge < -0.3 is 9.88 Å². The lowest BCUT2D eigenvalue weighted by Gasteiger charge is -2.54. The zero-order chi connectivity index (χ0) is 26.2. The highest BCUT2D eigenvalue weighted by atomic mass is 32.1. The molecule has 0 aromatic carbocycles. The van der Waals surface area contributed by atoms with Crippen molar-refractivity contribution in [1.29, 1.82) is 0 Å². The maximum atomic E-state index is 13.0. The molecular weight excluding hydrogens is 492 g/mol. The predicted octanol–water partition coefficient (Wildman–Crippen LogP) is 5.95. The van der Waals surface area contributed by atoms with Crippen LogP contribution in [0, 0.1) is 12.3 Å². The van der Waals surface area contributed by atoms with E-state index in [1.165, 1.54) is 57.6 Å². The van der Waals surface area contributed by atoms with E-state index >= 15 is 0 Å². The number of likely N-dealkylation sites (N-methyl/N-ethyl adjacent to an activating group) is 1. The van der Waals surface area contributed by atoms with Gasteiger partial charge in [-0.15, -0.1) is 11.3 Å². The van der Waals surface area contributed by atoms with Crippen molar-refractivity contribution in [3.8, 4) is 11.3 Å². The molecule has 8 heteroatoms. The SMILES string of the molecule is Cc1cc(-c2[nH]c3cc(C4CCC5(CC4)CN(C(=O)[C@@H]4CCCN4C)C5)sc3c2C(C)C)cn2ncnc12. The molecule has 4 aromatic rings. The molecule has 1 N–H and O–H groups in total. The summed E-state index contributed by atoms with van der Waals surface area (Å²) in [6.07, 6.45) is 10.9. The zero-order valence-electron chi connectivity index (χ0n) is 23.0. The minimum Gasteiger partial charge on any atom is -0.354 e. The fourth-order valence-corrected chi connectivity index (χ4v) is 8.89. The molecule has 7 rings (SSSR count). The van der Waals surface area contributed by atoms with Crippen LogP contribution in [-0.2, 0) is 4.79 Å². The number of carbonyl (C=O) groups is 1. The average molecular weight is 531 g/mol. The minimum absolute atomic E-state index is 0.125. The lowest BCUT2D eigenvalue weighted by molar-refractivity contribution is -0.150. The number of rotatable bonds is 4. The molecule has 3 fully saturated rings. The Balaban J connectivity index is 1.08. The van der Waals surface area contributed by atoms with Crippen LogP contribution in [-0.4, -0.2) is 68.0 Å². The summed E-state index contributed by atoms with van der Waals surface area (Å²) < 4.78 is 3.29. The van der Waals surface area contributed by atoms with E-state index in [0.29, 0.717) is 23.2 Å². The number of thiophene rings is 1. The van der Waals surface area contributed by atoms with Crippen molar-refractivity contribution in [1.82, 2.24) is 29.4 Å². The monoisotopic (exact) mass is 530 g/mol. The number of pyridine rings is 1. The maximum Gasteiger partial charge on any atom is 0.239 e. The summed E-state index contributed by atoms with van der Waals surface area (Å²) in [5.74, 6) is 1.43. The third kappa shape index (κ3) is 3.82. The molecule has 1 aliphatic carbocycles. The summed E-state index contributed by atoms with van der Waals surface area (Å²) in [6.45, 7) is 9.71. The van der Waals surface area contributed by atoms with E-state index in [0.717, 1.165) is 43.7 Å². The Morgan fingerprint density at radius 1 is 1.18 bits per heavy atom. The van der Waals surface area contributed by atoms with E-state index in [9.17, 15) is 4.79 Å². The molecule has 0 bridgehead atoms. The Bertz CT molecular complexity index is 1510. The van der Waals surface area contributed by atoms with Gasteiger partial charge in [0.25, 0.3) is 0 Å². The number of aromatic amines is 1. The highest BCUT2D eigenvalue weighted by Crippen LogP contribution is 2.51. The van der Waals surface area contributed by atoms with Crippen LogP contribution in [0.5, 0.6) is 0 Å². The van der Waals surface area contributed by atoms with E-state index in [-0.39, 0.29) is 6.04 Å². The van der Waals surface area contributed by atoms with Crippen LogP contribution in [0.1, 0.15) is 80.2 Å². The third-order valence-corrected chi connectivity index (χ3v) is 10.9. The Kier molecular flexibility index (Phi) is 5.71. The molecule has 2 saturated heterocycles. The molecule has 7 nitrogen and oxygen atoms in total. The van der Waals surface area contributed by atoms with Gasteiger partial charge in [-0.2, -0.15) is 5.10 Å². The topological polar surface area (TPSA) is 69.5 Å². The molecular formula is C30H38N6OS. The predicted molar refractivity (Wildman–Crippen MR) is 153 cm³/mol. The van der Waals surface area contributed by atoms with Crippen molar-refractivity contribution in [3.05, 3.63) is 40.7 Å². The van der Waals surface area contributed by atoms with E-state index in [4.69, 9.17) is 0 Å². The van der Waals surface area contributed by atoms with Gasteiger partial charge in [-0.3, -0.25) is 9.69 Å². The maximum absolute atomic E-state index is 13.0. The molecule has 1 atom stereocenters. The first kappa shape index (κ1) is 24.3. The van der Waals surface area contributed by atoms with Crippen molar-refractivity contribution in [2.75, 3.05) is 26.7 Å². The Morgan fingerprint density at radius 2 is 1.97 bits per heavy atom. The van der Waals surface area contributed by atoms with E-state index in [1.54, 1.807) is 6.33 Å². The molecule has 200 valence electrons. The summed E-state index contributed by atoms with van der Waals surface area (Å²) in [5.41, 5.74) is 7.47. The number of nitrogens with one attached hydrogen (secondary N) is 1. The second kappa shape index (κ2) is 8.91. The highest BCUT2D eigenvalue weighted by Gasteiger charge is 2.49. The standard InChI is InChI=1S/C30H38N6OS/c1-18(2)25-26(21-12-19(3)28-31-17-32-36(28)14-21)33-22-13-24(38-27(22)25)20-7-9-30(10-8-20)15-35(16-30)29(37)23-6-5-11-34(23)4/h12-14,17-18,20,23,33H,5-11,15-16H2,1-4H3/t23-/m0/s1. The molecule has 4 aromatic heterocycles. The lowest BCUT2D eigenvalue weighted by atomic mass is 9.65. The van der Waals surface area contributed by atoms with E-state index in [2.05, 4.69) is 71.0 Å². The number of carbonyl (C=O) groups excluding carboxylic acids is 1. The number of fused-ring (bicyclic) bond motifs is 2. The molecule has 0 unspecified atom stereocenters. The molecule has 3 aliphatic rings. The van der Waals surface area contributed by atoms with Crippen LogP contribution in [0.3, 0.4) is 0 Å². The number of aromatic nitrogens is 4. The summed E-state index contributed by atoms with van der Waals surface area (Å²) >= 11 is 2.00. The van der Waals surface area contributed by atoms with Crippen molar-refractivity contribution in [2.45, 2.75) is 77.2 Å². The minimum atomic E-state index is 0.125. The van der Waals surface area contributed by atoms with Crippen LogP contribution >= 0.6 is 11.3 Å². The first-order valence-electron chi connectivity index (χ1n) is 14.3. The number of H-pyrrole nitrogens is 1. The Hall–Kier alpha value is -2.71. The number of hydrogen-bond acceptors (Lipinski definition) is 5. The second-order valence-corrected chi connectivity index (χ2v) is 13.6. The molecule has 6 heterocycles. The molecule has 1 amide bonds. The van der Waals surface area contributed by atoms with Gasteiger partial charge in [-0.05, 0) is 94.1 Å². The largest absolute Gasteiger partial charge is 0.354 e. The number of amides is 1. The van der Waals surface area contributed by atoms with Gasteiger partial charge in [-0.1, -0.05) is 13.8 Å². The van der Waals surface area contributed by atoms with Crippen LogP contribution in [0.15, 0.2) is 24.7 Å². The molecule has 1 spiro atoms. The number of likely N-dealkylation sites (tertiary alicyclic amines) is 2. The van der Waals surface area contributed by atoms with Gasteiger partial charge in [0, 0.05) is 35.1 Å². The van der Waals surface area contributed by atoms with Gasteiger partial charge in [0.15, 0.2) is 5.65 Å². The normalized spacial score (nSPS) is 22.3. The molecule has 1 saturated carbocycles. The van der Waals surface area contributed by atoms with Gasteiger partial charge >= 0.3 is 0 Å². The Labute approximate surface area is 228 Å². The van der Waals surface area contributed by atoms with Crippen LogP contribution in [0.25, 0.3) is 27.1 Å². The van der Waals surface area contributed by atoms with E-state index in [1.807, 2.05) is 15.9 Å². The first-order valence-corrected chi connectivity index (χ1v) is 15.1. The van der Waals surface area contributed by atoms with Gasteiger partial charge in [0.1, 0.15) is 6.33 Å². The summed E-state index contributed by atoms with van der Waals surface area (Å²) in [4.78, 5) is 27.1. The fraction of sp³-hybridized carbons (Fsp3) is 0.567. The molecule has 38 heavy (non-hydrogen) atoms. The highest BCUT2D eigenvalue weighted by molar-refractivity contribution is 7.19. The van der Waals surface area contributed by atoms with Gasteiger partial charge in [0.05, 0.1) is 22.0 Å².